The number of carboxylic acid groups (broad SMARTS) is 2. The van der Waals surface area contributed by atoms with Crippen LogP contribution in [0.25, 0.3) is 10.9 Å². The van der Waals surface area contributed by atoms with Crippen LogP contribution in [0.4, 0.5) is 5.69 Å². The lowest BCUT2D eigenvalue weighted by molar-refractivity contribution is -0.147. The zero-order valence-electron chi connectivity index (χ0n) is 18.1. The van der Waals surface area contributed by atoms with Crippen LogP contribution in [0.1, 0.15) is 28.6 Å². The van der Waals surface area contributed by atoms with Gasteiger partial charge in [0, 0.05) is 11.3 Å². The van der Waals surface area contributed by atoms with Crippen molar-refractivity contribution in [1.82, 2.24) is 9.13 Å². The molecule has 0 radical (unpaired) electrons. The van der Waals surface area contributed by atoms with Gasteiger partial charge in [-0.05, 0) is 42.5 Å². The molecule has 2 aromatic heterocycles. The molecule has 0 bridgehead atoms. The van der Waals surface area contributed by atoms with E-state index in [9.17, 15) is 29.1 Å². The van der Waals surface area contributed by atoms with Crippen molar-refractivity contribution < 1.29 is 29.0 Å². The van der Waals surface area contributed by atoms with E-state index >= 15 is 0 Å². The maximum atomic E-state index is 13.4. The molecular weight excluding hydrogens is 458 g/mol. The standard InChI is InChI=1S/C24H19N3O8/c28-20(29)12-19(23(32)33)27-22(31)17-9-8-15(25-21(30)14-5-2-1-3-6-14)11-18(17)26(24(27)34)13-16-7-4-10-35-16/h1-11,19H,12-13H2,(H,25,30)(H,28,29)(H,32,33). The molecule has 3 N–H and O–H groups in total. The molecule has 2 aromatic carbocycles. The maximum Gasteiger partial charge on any atom is 0.332 e. The minimum absolute atomic E-state index is 0.0366. The summed E-state index contributed by atoms with van der Waals surface area (Å²) < 4.78 is 6.83. The summed E-state index contributed by atoms with van der Waals surface area (Å²) in [5.41, 5.74) is -1.20. The number of nitrogens with one attached hydrogen (secondary N) is 1. The summed E-state index contributed by atoms with van der Waals surface area (Å²) in [5, 5.41) is 21.4. The number of hydrogen-bond acceptors (Lipinski definition) is 6. The fourth-order valence-corrected chi connectivity index (χ4v) is 3.70. The number of carbonyl (C=O) groups excluding carboxylic acids is 1. The molecular formula is C24H19N3O8. The number of anilines is 1. The maximum absolute atomic E-state index is 13.4. The molecule has 0 fully saturated rings. The van der Waals surface area contributed by atoms with Gasteiger partial charge in [-0.3, -0.25) is 19.0 Å². The Morgan fingerprint density at radius 2 is 1.71 bits per heavy atom. The zero-order chi connectivity index (χ0) is 25.1. The number of carboxylic acids is 2. The monoisotopic (exact) mass is 477 g/mol. The van der Waals surface area contributed by atoms with Gasteiger partial charge in [-0.1, -0.05) is 18.2 Å². The number of carbonyl (C=O) groups is 3. The third kappa shape index (κ3) is 4.74. The van der Waals surface area contributed by atoms with E-state index in [0.29, 0.717) is 15.9 Å². The lowest BCUT2D eigenvalue weighted by atomic mass is 10.1. The quantitative estimate of drug-likeness (QED) is 0.348. The average Bonchev–Trinajstić information content (AvgIpc) is 3.34. The summed E-state index contributed by atoms with van der Waals surface area (Å²) >= 11 is 0. The van der Waals surface area contributed by atoms with Crippen molar-refractivity contribution in [2.24, 2.45) is 0 Å². The van der Waals surface area contributed by atoms with Gasteiger partial charge < -0.3 is 19.9 Å². The van der Waals surface area contributed by atoms with Gasteiger partial charge in [-0.25, -0.2) is 14.2 Å². The van der Waals surface area contributed by atoms with Crippen LogP contribution in [0.5, 0.6) is 0 Å². The molecule has 2 heterocycles. The molecule has 0 saturated heterocycles. The summed E-state index contributed by atoms with van der Waals surface area (Å²) in [4.78, 5) is 62.1. The Balaban J connectivity index is 1.90. The lowest BCUT2D eigenvalue weighted by Crippen LogP contribution is -2.45. The van der Waals surface area contributed by atoms with Crippen LogP contribution >= 0.6 is 0 Å². The number of rotatable bonds is 8. The molecule has 178 valence electrons. The predicted molar refractivity (Wildman–Crippen MR) is 124 cm³/mol. The Morgan fingerprint density at radius 1 is 0.971 bits per heavy atom. The van der Waals surface area contributed by atoms with Gasteiger partial charge in [0.05, 0.1) is 30.1 Å². The van der Waals surface area contributed by atoms with Crippen LogP contribution in [0.2, 0.25) is 0 Å². The molecule has 0 spiro atoms. The molecule has 11 heteroatoms. The second-order valence-electron chi connectivity index (χ2n) is 7.63. The van der Waals surface area contributed by atoms with E-state index in [2.05, 4.69) is 5.32 Å². The SMILES string of the molecule is O=C(O)CC(C(=O)O)n1c(=O)c2ccc(NC(=O)c3ccccc3)cc2n(Cc2ccco2)c1=O. The molecule has 1 atom stereocenters. The Bertz CT molecular complexity index is 1540. The van der Waals surface area contributed by atoms with Crippen LogP contribution in [-0.2, 0) is 16.1 Å². The highest BCUT2D eigenvalue weighted by Crippen LogP contribution is 2.19. The molecule has 0 saturated carbocycles. The van der Waals surface area contributed by atoms with Crippen molar-refractivity contribution in [3.8, 4) is 0 Å². The number of aliphatic carboxylic acids is 2. The van der Waals surface area contributed by atoms with E-state index < -0.39 is 41.6 Å². The second kappa shape index (κ2) is 9.51. The summed E-state index contributed by atoms with van der Waals surface area (Å²) in [6.45, 7) is -0.169. The molecule has 4 rings (SSSR count). The number of benzene rings is 2. The van der Waals surface area contributed by atoms with Gasteiger partial charge in [0.25, 0.3) is 11.5 Å². The fraction of sp³-hybridized carbons (Fsp3) is 0.125. The fourth-order valence-electron chi connectivity index (χ4n) is 3.70. The highest BCUT2D eigenvalue weighted by atomic mass is 16.4. The van der Waals surface area contributed by atoms with Crippen LogP contribution < -0.4 is 16.6 Å². The largest absolute Gasteiger partial charge is 0.481 e. The van der Waals surface area contributed by atoms with Crippen molar-refractivity contribution in [3.05, 3.63) is 99.1 Å². The van der Waals surface area contributed by atoms with Gasteiger partial charge >= 0.3 is 17.6 Å². The average molecular weight is 477 g/mol. The van der Waals surface area contributed by atoms with Gasteiger partial charge in [0.1, 0.15) is 11.8 Å². The molecule has 1 unspecified atom stereocenters. The van der Waals surface area contributed by atoms with Crippen molar-refractivity contribution in [2.75, 3.05) is 5.32 Å². The number of furan rings is 1. The van der Waals surface area contributed by atoms with Crippen molar-refractivity contribution in [3.63, 3.8) is 0 Å². The van der Waals surface area contributed by atoms with Crippen molar-refractivity contribution >= 4 is 34.4 Å². The topological polar surface area (TPSA) is 161 Å². The van der Waals surface area contributed by atoms with E-state index in [0.717, 1.165) is 4.57 Å². The van der Waals surface area contributed by atoms with Crippen LogP contribution in [0, 0.1) is 0 Å². The first-order chi connectivity index (χ1) is 16.8. The molecule has 11 nitrogen and oxygen atoms in total. The Hall–Kier alpha value is -4.93. The van der Waals surface area contributed by atoms with Gasteiger partial charge in [-0.15, -0.1) is 0 Å². The number of aromatic nitrogens is 2. The highest BCUT2D eigenvalue weighted by Gasteiger charge is 2.28. The van der Waals surface area contributed by atoms with Crippen molar-refractivity contribution in [2.45, 2.75) is 19.0 Å². The first-order valence-corrected chi connectivity index (χ1v) is 10.4. The van der Waals surface area contributed by atoms with Gasteiger partial charge in [0.2, 0.25) is 0 Å². The van der Waals surface area contributed by atoms with Crippen LogP contribution in [-0.4, -0.2) is 37.2 Å². The first-order valence-electron chi connectivity index (χ1n) is 10.4. The molecule has 1 amide bonds. The van der Waals surface area contributed by atoms with E-state index in [-0.39, 0.29) is 23.1 Å². The van der Waals surface area contributed by atoms with Gasteiger partial charge in [0.15, 0.2) is 0 Å². The Kier molecular flexibility index (Phi) is 6.32. The number of amides is 1. The smallest absolute Gasteiger partial charge is 0.332 e. The number of nitrogens with zero attached hydrogens (tertiary/aromatic N) is 2. The molecule has 35 heavy (non-hydrogen) atoms. The molecule has 0 aliphatic carbocycles. The lowest BCUT2D eigenvalue weighted by Gasteiger charge is -2.18. The Morgan fingerprint density at radius 3 is 2.34 bits per heavy atom. The van der Waals surface area contributed by atoms with E-state index in [1.807, 2.05) is 0 Å². The first kappa shape index (κ1) is 23.2. The molecule has 0 aliphatic rings. The van der Waals surface area contributed by atoms with Crippen LogP contribution in [0.3, 0.4) is 0 Å². The summed E-state index contributed by atoms with van der Waals surface area (Å²) in [5.74, 6) is -3.20. The third-order valence-corrected chi connectivity index (χ3v) is 5.33. The van der Waals surface area contributed by atoms with Crippen LogP contribution in [0.15, 0.2) is 80.9 Å². The highest BCUT2D eigenvalue weighted by molar-refractivity contribution is 6.05. The zero-order valence-corrected chi connectivity index (χ0v) is 18.1. The number of fused-ring (bicyclic) bond motifs is 1. The summed E-state index contributed by atoms with van der Waals surface area (Å²) in [6, 6.07) is 13.9. The minimum Gasteiger partial charge on any atom is -0.481 e. The van der Waals surface area contributed by atoms with E-state index in [4.69, 9.17) is 9.52 Å². The molecule has 4 aromatic rings. The third-order valence-electron chi connectivity index (χ3n) is 5.33. The van der Waals surface area contributed by atoms with E-state index in [1.165, 1.54) is 24.5 Å². The Labute approximate surface area is 196 Å². The summed E-state index contributed by atoms with van der Waals surface area (Å²) in [6.07, 6.45) is 0.413. The van der Waals surface area contributed by atoms with Gasteiger partial charge in [-0.2, -0.15) is 0 Å². The normalized spacial score (nSPS) is 11.8. The number of hydrogen-bond donors (Lipinski definition) is 3. The van der Waals surface area contributed by atoms with E-state index in [1.54, 1.807) is 42.5 Å². The predicted octanol–water partition coefficient (Wildman–Crippen LogP) is 2.16. The minimum atomic E-state index is -1.92. The van der Waals surface area contributed by atoms with Crippen molar-refractivity contribution in [1.29, 1.82) is 0 Å². The second-order valence-corrected chi connectivity index (χ2v) is 7.63. The summed E-state index contributed by atoms with van der Waals surface area (Å²) in [7, 11) is 0. The molecule has 0 aliphatic heterocycles.